The maximum atomic E-state index is 5.91. The first-order valence-electron chi connectivity index (χ1n) is 7.02. The van der Waals surface area contributed by atoms with Gasteiger partial charge in [-0.2, -0.15) is 4.98 Å². The number of nitrogens with zero attached hydrogens (tertiary/aromatic N) is 2. The first kappa shape index (κ1) is 13.9. The largest absolute Gasteiger partial charge is 0.495 e. The van der Waals surface area contributed by atoms with Crippen LogP contribution in [0.2, 0.25) is 0 Å². The third-order valence-corrected chi connectivity index (χ3v) is 4.11. The molecule has 1 aliphatic carbocycles. The van der Waals surface area contributed by atoms with Crippen LogP contribution in [-0.4, -0.2) is 24.4 Å². The van der Waals surface area contributed by atoms with Crippen LogP contribution in [-0.2, 0) is 10.3 Å². The molecule has 1 fully saturated rings. The number of hydrogen-bond donors (Lipinski definition) is 1. The van der Waals surface area contributed by atoms with Gasteiger partial charge < -0.3 is 19.7 Å². The average molecular weight is 289 g/mol. The molecule has 0 unspecified atom stereocenters. The molecule has 2 aromatic rings. The molecular weight excluding hydrogens is 270 g/mol. The summed E-state index contributed by atoms with van der Waals surface area (Å²) in [6, 6.07) is 5.40. The highest BCUT2D eigenvalue weighted by molar-refractivity contribution is 5.65. The first-order valence-corrected chi connectivity index (χ1v) is 7.02. The van der Waals surface area contributed by atoms with Gasteiger partial charge in [0.05, 0.1) is 12.8 Å². The molecule has 1 aromatic carbocycles. The molecule has 0 spiro atoms. The fourth-order valence-electron chi connectivity index (χ4n) is 2.86. The summed E-state index contributed by atoms with van der Waals surface area (Å²) in [5.74, 6) is 1.69. The van der Waals surface area contributed by atoms with Gasteiger partial charge in [-0.1, -0.05) is 5.16 Å². The van der Waals surface area contributed by atoms with Crippen LogP contribution in [0.3, 0.4) is 0 Å². The summed E-state index contributed by atoms with van der Waals surface area (Å²) >= 11 is 0. The summed E-state index contributed by atoms with van der Waals surface area (Å²) in [5, 5.41) is 4.11. The summed E-state index contributed by atoms with van der Waals surface area (Å²) < 4.78 is 16.2. The summed E-state index contributed by atoms with van der Waals surface area (Å²) in [7, 11) is 3.28. The van der Waals surface area contributed by atoms with Crippen molar-refractivity contribution in [3.8, 4) is 17.2 Å². The summed E-state index contributed by atoms with van der Waals surface area (Å²) in [6.45, 7) is 0. The number of hydrogen-bond acceptors (Lipinski definition) is 6. The maximum Gasteiger partial charge on any atom is 0.258 e. The van der Waals surface area contributed by atoms with E-state index in [1.54, 1.807) is 26.4 Å². The molecule has 0 bridgehead atoms. The van der Waals surface area contributed by atoms with Gasteiger partial charge >= 0.3 is 0 Å². The van der Waals surface area contributed by atoms with Gasteiger partial charge in [0.15, 0.2) is 0 Å². The zero-order valence-electron chi connectivity index (χ0n) is 12.3. The SMILES string of the molecule is COc1ccc(-c2nc(C3(OC)CCCC3)no2)cc1N. The maximum absolute atomic E-state index is 5.91. The van der Waals surface area contributed by atoms with Gasteiger partial charge in [0.25, 0.3) is 5.89 Å². The molecule has 0 saturated heterocycles. The summed E-state index contributed by atoms with van der Waals surface area (Å²) in [6.07, 6.45) is 4.08. The quantitative estimate of drug-likeness (QED) is 0.871. The van der Waals surface area contributed by atoms with Crippen LogP contribution in [0, 0.1) is 0 Å². The number of methoxy groups -OCH3 is 2. The first-order chi connectivity index (χ1) is 10.2. The zero-order chi connectivity index (χ0) is 14.9. The molecule has 0 radical (unpaired) electrons. The Morgan fingerprint density at radius 2 is 2.00 bits per heavy atom. The second-order valence-electron chi connectivity index (χ2n) is 5.29. The number of aromatic nitrogens is 2. The van der Waals surface area contributed by atoms with Gasteiger partial charge in [0.2, 0.25) is 5.82 Å². The Morgan fingerprint density at radius 3 is 2.62 bits per heavy atom. The van der Waals surface area contributed by atoms with E-state index in [-0.39, 0.29) is 0 Å². The van der Waals surface area contributed by atoms with Crippen molar-refractivity contribution in [1.82, 2.24) is 10.1 Å². The minimum absolute atomic E-state index is 0.403. The average Bonchev–Trinajstić information content (AvgIpc) is 3.17. The molecular formula is C15H19N3O3. The Labute approximate surface area is 123 Å². The standard InChI is InChI=1S/C15H19N3O3/c1-19-12-6-5-10(9-11(12)16)13-17-14(18-21-13)15(20-2)7-3-4-8-15/h5-6,9H,3-4,7-8,16H2,1-2H3. The minimum atomic E-state index is -0.403. The molecule has 6 heteroatoms. The Morgan fingerprint density at radius 1 is 1.24 bits per heavy atom. The van der Waals surface area contributed by atoms with Gasteiger partial charge in [0.1, 0.15) is 11.4 Å². The lowest BCUT2D eigenvalue weighted by Crippen LogP contribution is -2.25. The van der Waals surface area contributed by atoms with E-state index in [2.05, 4.69) is 10.1 Å². The molecule has 21 heavy (non-hydrogen) atoms. The topological polar surface area (TPSA) is 83.4 Å². The Balaban J connectivity index is 1.93. The van der Waals surface area contributed by atoms with Crippen LogP contribution in [0.5, 0.6) is 5.75 Å². The minimum Gasteiger partial charge on any atom is -0.495 e. The molecule has 1 aromatic heterocycles. The smallest absolute Gasteiger partial charge is 0.258 e. The number of nitrogens with two attached hydrogens (primary N) is 1. The van der Waals surface area contributed by atoms with Crippen molar-refractivity contribution in [2.45, 2.75) is 31.3 Å². The molecule has 1 heterocycles. The third kappa shape index (κ3) is 2.35. The molecule has 0 aliphatic heterocycles. The van der Waals surface area contributed by atoms with Gasteiger partial charge in [-0.15, -0.1) is 0 Å². The lowest BCUT2D eigenvalue weighted by molar-refractivity contribution is -0.0178. The highest BCUT2D eigenvalue weighted by Crippen LogP contribution is 2.40. The van der Waals surface area contributed by atoms with Crippen molar-refractivity contribution < 1.29 is 14.0 Å². The molecule has 3 rings (SSSR count). The van der Waals surface area contributed by atoms with E-state index in [0.29, 0.717) is 23.2 Å². The highest BCUT2D eigenvalue weighted by atomic mass is 16.5. The van der Waals surface area contributed by atoms with Crippen LogP contribution < -0.4 is 10.5 Å². The number of anilines is 1. The molecule has 0 atom stereocenters. The fourth-order valence-corrected chi connectivity index (χ4v) is 2.86. The number of ether oxygens (including phenoxy) is 2. The van der Waals surface area contributed by atoms with Crippen molar-refractivity contribution in [2.75, 3.05) is 20.0 Å². The van der Waals surface area contributed by atoms with Gasteiger partial charge in [0, 0.05) is 12.7 Å². The van der Waals surface area contributed by atoms with Gasteiger partial charge in [-0.05, 0) is 43.9 Å². The second kappa shape index (κ2) is 5.37. The van der Waals surface area contributed by atoms with E-state index in [1.165, 1.54) is 0 Å². The number of benzene rings is 1. The van der Waals surface area contributed by atoms with E-state index < -0.39 is 5.60 Å². The van der Waals surface area contributed by atoms with E-state index in [0.717, 1.165) is 31.2 Å². The number of nitrogen functional groups attached to an aromatic ring is 1. The molecule has 1 saturated carbocycles. The van der Waals surface area contributed by atoms with Crippen molar-refractivity contribution >= 4 is 5.69 Å². The van der Waals surface area contributed by atoms with Crippen molar-refractivity contribution in [2.24, 2.45) is 0 Å². The van der Waals surface area contributed by atoms with Crippen molar-refractivity contribution in [3.63, 3.8) is 0 Å². The number of rotatable bonds is 4. The zero-order valence-corrected chi connectivity index (χ0v) is 12.3. The lowest BCUT2D eigenvalue weighted by atomic mass is 10.0. The van der Waals surface area contributed by atoms with E-state index >= 15 is 0 Å². The predicted octanol–water partition coefficient (Wildman–Crippen LogP) is 2.74. The third-order valence-electron chi connectivity index (χ3n) is 4.11. The molecule has 0 amide bonds. The predicted molar refractivity (Wildman–Crippen MR) is 77.9 cm³/mol. The van der Waals surface area contributed by atoms with Crippen LogP contribution in [0.25, 0.3) is 11.5 Å². The second-order valence-corrected chi connectivity index (χ2v) is 5.29. The summed E-state index contributed by atoms with van der Waals surface area (Å²) in [5.41, 5.74) is 6.82. The van der Waals surface area contributed by atoms with Gasteiger partial charge in [-0.3, -0.25) is 0 Å². The Bertz CT molecular complexity index is 633. The summed E-state index contributed by atoms with van der Waals surface area (Å²) in [4.78, 5) is 4.50. The van der Waals surface area contributed by atoms with Crippen molar-refractivity contribution in [1.29, 1.82) is 0 Å². The molecule has 2 N–H and O–H groups in total. The van der Waals surface area contributed by atoms with Gasteiger partial charge in [-0.25, -0.2) is 0 Å². The lowest BCUT2D eigenvalue weighted by Gasteiger charge is -2.22. The van der Waals surface area contributed by atoms with E-state index in [1.807, 2.05) is 6.07 Å². The Kier molecular flexibility index (Phi) is 3.55. The molecule has 6 nitrogen and oxygen atoms in total. The highest BCUT2D eigenvalue weighted by Gasteiger charge is 2.40. The fraction of sp³-hybridized carbons (Fsp3) is 0.467. The molecule has 112 valence electrons. The van der Waals surface area contributed by atoms with Crippen LogP contribution >= 0.6 is 0 Å². The van der Waals surface area contributed by atoms with Crippen LogP contribution in [0.1, 0.15) is 31.5 Å². The Hall–Kier alpha value is -2.08. The van der Waals surface area contributed by atoms with Crippen molar-refractivity contribution in [3.05, 3.63) is 24.0 Å². The normalized spacial score (nSPS) is 17.0. The monoisotopic (exact) mass is 289 g/mol. The van der Waals surface area contributed by atoms with Crippen LogP contribution in [0.15, 0.2) is 22.7 Å². The van der Waals surface area contributed by atoms with Crippen LogP contribution in [0.4, 0.5) is 5.69 Å². The van der Waals surface area contributed by atoms with E-state index in [9.17, 15) is 0 Å². The van der Waals surface area contributed by atoms with E-state index in [4.69, 9.17) is 19.7 Å². The molecule has 1 aliphatic rings.